The van der Waals surface area contributed by atoms with Gasteiger partial charge in [-0.3, -0.25) is 9.59 Å². The van der Waals surface area contributed by atoms with Crippen LogP contribution in [0.3, 0.4) is 0 Å². The number of carbonyl (C=O) groups is 2. The van der Waals surface area contributed by atoms with E-state index in [0.717, 1.165) is 18.7 Å². The lowest BCUT2D eigenvalue weighted by atomic mass is 9.88. The third-order valence-corrected chi connectivity index (χ3v) is 4.19. The largest absolute Gasteiger partial charge is 0.463 e. The highest BCUT2D eigenvalue weighted by Crippen LogP contribution is 2.21. The van der Waals surface area contributed by atoms with Crippen LogP contribution in [0.2, 0.25) is 0 Å². The summed E-state index contributed by atoms with van der Waals surface area (Å²) in [4.78, 5) is 24.5. The summed E-state index contributed by atoms with van der Waals surface area (Å²) in [5, 5.41) is 6.20. The van der Waals surface area contributed by atoms with E-state index >= 15 is 0 Å². The SMILES string of the molecule is CC(C)OC(=O)CC(NC(=O)C(C)C1CNC1)c1ccccc1. The first-order valence-electron chi connectivity index (χ1n) is 8.23. The highest BCUT2D eigenvalue weighted by atomic mass is 16.5. The normalized spacial score (nSPS) is 17.2. The summed E-state index contributed by atoms with van der Waals surface area (Å²) in [6.07, 6.45) is -0.0153. The maximum Gasteiger partial charge on any atom is 0.308 e. The molecule has 1 aromatic rings. The molecule has 1 aliphatic heterocycles. The standard InChI is InChI=1S/C18H26N2O3/c1-12(2)23-17(21)9-16(14-7-5-4-6-8-14)20-18(22)13(3)15-10-19-11-15/h4-8,12-13,15-16,19H,9-11H2,1-3H3,(H,20,22). The lowest BCUT2D eigenvalue weighted by Gasteiger charge is -2.32. The molecule has 1 saturated heterocycles. The molecule has 0 spiro atoms. The van der Waals surface area contributed by atoms with E-state index in [9.17, 15) is 9.59 Å². The summed E-state index contributed by atoms with van der Waals surface area (Å²) in [7, 11) is 0. The third kappa shape index (κ3) is 5.06. The second-order valence-electron chi connectivity index (χ2n) is 6.42. The monoisotopic (exact) mass is 318 g/mol. The Kier molecular flexibility index (Phi) is 6.16. The second kappa shape index (κ2) is 8.11. The van der Waals surface area contributed by atoms with Gasteiger partial charge in [-0.25, -0.2) is 0 Å². The van der Waals surface area contributed by atoms with Crippen molar-refractivity contribution in [3.8, 4) is 0 Å². The predicted octanol–water partition coefficient (Wildman–Crippen LogP) is 2.04. The molecule has 126 valence electrons. The van der Waals surface area contributed by atoms with Crippen LogP contribution in [0.25, 0.3) is 0 Å². The first-order valence-corrected chi connectivity index (χ1v) is 8.23. The molecule has 2 N–H and O–H groups in total. The number of esters is 1. The van der Waals surface area contributed by atoms with Crippen molar-refractivity contribution < 1.29 is 14.3 Å². The molecule has 0 saturated carbocycles. The van der Waals surface area contributed by atoms with Gasteiger partial charge in [0.2, 0.25) is 5.91 Å². The highest BCUT2D eigenvalue weighted by Gasteiger charge is 2.30. The van der Waals surface area contributed by atoms with Gasteiger partial charge in [0.15, 0.2) is 0 Å². The van der Waals surface area contributed by atoms with Crippen molar-refractivity contribution in [3.63, 3.8) is 0 Å². The zero-order chi connectivity index (χ0) is 16.8. The van der Waals surface area contributed by atoms with Crippen molar-refractivity contribution in [3.05, 3.63) is 35.9 Å². The Morgan fingerprint density at radius 3 is 2.39 bits per heavy atom. The van der Waals surface area contributed by atoms with E-state index in [1.54, 1.807) is 0 Å². The van der Waals surface area contributed by atoms with Crippen molar-refractivity contribution in [1.29, 1.82) is 0 Å². The topological polar surface area (TPSA) is 67.4 Å². The number of ether oxygens (including phenoxy) is 1. The van der Waals surface area contributed by atoms with Crippen molar-refractivity contribution in [2.45, 2.75) is 39.3 Å². The zero-order valence-electron chi connectivity index (χ0n) is 14.0. The molecular weight excluding hydrogens is 292 g/mol. The minimum Gasteiger partial charge on any atom is -0.463 e. The summed E-state index contributed by atoms with van der Waals surface area (Å²) in [5.41, 5.74) is 0.917. The third-order valence-electron chi connectivity index (χ3n) is 4.19. The molecule has 0 aliphatic carbocycles. The smallest absolute Gasteiger partial charge is 0.308 e. The summed E-state index contributed by atoms with van der Waals surface area (Å²) >= 11 is 0. The maximum atomic E-state index is 12.5. The Balaban J connectivity index is 2.03. The highest BCUT2D eigenvalue weighted by molar-refractivity contribution is 5.80. The predicted molar refractivity (Wildman–Crippen MR) is 88.7 cm³/mol. The number of nitrogens with one attached hydrogen (secondary N) is 2. The van der Waals surface area contributed by atoms with Crippen molar-refractivity contribution >= 4 is 11.9 Å². The van der Waals surface area contributed by atoms with Crippen LogP contribution in [0.4, 0.5) is 0 Å². The molecule has 1 aliphatic rings. The van der Waals surface area contributed by atoms with Gasteiger partial charge in [0, 0.05) is 5.92 Å². The molecule has 23 heavy (non-hydrogen) atoms. The molecule has 2 unspecified atom stereocenters. The van der Waals surface area contributed by atoms with Crippen molar-refractivity contribution in [2.75, 3.05) is 13.1 Å². The summed E-state index contributed by atoms with van der Waals surface area (Å²) in [5.74, 6) is -0.00700. The molecule has 5 nitrogen and oxygen atoms in total. The molecule has 0 radical (unpaired) electrons. The lowest BCUT2D eigenvalue weighted by molar-refractivity contribution is -0.148. The number of benzene rings is 1. The maximum absolute atomic E-state index is 12.5. The van der Waals surface area contributed by atoms with Crippen LogP contribution in [0.15, 0.2) is 30.3 Å². The zero-order valence-corrected chi connectivity index (χ0v) is 14.0. The lowest BCUT2D eigenvalue weighted by Crippen LogP contribution is -2.50. The molecule has 2 rings (SSSR count). The van der Waals surface area contributed by atoms with Crippen LogP contribution < -0.4 is 10.6 Å². The molecule has 2 atom stereocenters. The Labute approximate surface area is 137 Å². The van der Waals surface area contributed by atoms with E-state index < -0.39 is 0 Å². The quantitative estimate of drug-likeness (QED) is 0.755. The summed E-state index contributed by atoms with van der Waals surface area (Å²) in [6.45, 7) is 7.33. The minimum absolute atomic E-state index is 0.0114. The van der Waals surface area contributed by atoms with E-state index in [2.05, 4.69) is 10.6 Å². The molecule has 1 fully saturated rings. The number of rotatable bonds is 7. The van der Waals surface area contributed by atoms with Crippen LogP contribution in [-0.4, -0.2) is 31.1 Å². The Morgan fingerprint density at radius 2 is 1.87 bits per heavy atom. The molecular formula is C18H26N2O3. The Hall–Kier alpha value is -1.88. The van der Waals surface area contributed by atoms with Crippen LogP contribution in [-0.2, 0) is 14.3 Å². The summed E-state index contributed by atoms with van der Waals surface area (Å²) < 4.78 is 5.22. The average Bonchev–Trinajstić information content (AvgIpc) is 2.44. The van der Waals surface area contributed by atoms with E-state index in [1.165, 1.54) is 0 Å². The molecule has 1 heterocycles. The van der Waals surface area contributed by atoms with Gasteiger partial charge in [0.05, 0.1) is 18.6 Å². The van der Waals surface area contributed by atoms with Gasteiger partial charge in [-0.15, -0.1) is 0 Å². The number of hydrogen-bond acceptors (Lipinski definition) is 4. The van der Waals surface area contributed by atoms with Crippen molar-refractivity contribution in [2.24, 2.45) is 11.8 Å². The number of carbonyl (C=O) groups excluding carboxylic acids is 2. The first-order chi connectivity index (χ1) is 11.0. The van der Waals surface area contributed by atoms with E-state index in [4.69, 9.17) is 4.74 Å². The molecule has 5 heteroatoms. The van der Waals surface area contributed by atoms with Gasteiger partial charge in [-0.2, -0.15) is 0 Å². The van der Waals surface area contributed by atoms with Gasteiger partial charge < -0.3 is 15.4 Å². The van der Waals surface area contributed by atoms with Gasteiger partial charge in [-0.05, 0) is 38.4 Å². The van der Waals surface area contributed by atoms with Gasteiger partial charge in [-0.1, -0.05) is 37.3 Å². The first kappa shape index (κ1) is 17.5. The molecule has 1 aromatic carbocycles. The summed E-state index contributed by atoms with van der Waals surface area (Å²) in [6, 6.07) is 9.21. The van der Waals surface area contributed by atoms with Crippen LogP contribution >= 0.6 is 0 Å². The van der Waals surface area contributed by atoms with E-state index in [1.807, 2.05) is 51.1 Å². The van der Waals surface area contributed by atoms with Crippen LogP contribution in [0.1, 0.15) is 38.8 Å². The molecule has 0 aromatic heterocycles. The fourth-order valence-electron chi connectivity index (χ4n) is 2.60. The van der Waals surface area contributed by atoms with Crippen LogP contribution in [0.5, 0.6) is 0 Å². The second-order valence-corrected chi connectivity index (χ2v) is 6.42. The van der Waals surface area contributed by atoms with E-state index in [-0.39, 0.29) is 36.4 Å². The van der Waals surface area contributed by atoms with Crippen molar-refractivity contribution in [1.82, 2.24) is 10.6 Å². The number of hydrogen-bond donors (Lipinski definition) is 2. The Bertz CT molecular complexity index is 526. The Morgan fingerprint density at radius 1 is 1.22 bits per heavy atom. The van der Waals surface area contributed by atoms with Gasteiger partial charge in [0.1, 0.15) is 0 Å². The minimum atomic E-state index is -0.356. The van der Waals surface area contributed by atoms with Gasteiger partial charge >= 0.3 is 5.97 Å². The average molecular weight is 318 g/mol. The fraction of sp³-hybridized carbons (Fsp3) is 0.556. The van der Waals surface area contributed by atoms with Gasteiger partial charge in [0.25, 0.3) is 0 Å². The number of amides is 1. The van der Waals surface area contributed by atoms with E-state index in [0.29, 0.717) is 5.92 Å². The van der Waals surface area contributed by atoms with Crippen LogP contribution in [0, 0.1) is 11.8 Å². The molecule has 1 amide bonds. The molecule has 0 bridgehead atoms. The fourth-order valence-corrected chi connectivity index (χ4v) is 2.60.